The number of carbonyl (C=O) groups excluding carboxylic acids is 1. The molecule has 0 spiro atoms. The van der Waals surface area contributed by atoms with E-state index in [0.717, 1.165) is 9.35 Å². The SMILES string of the molecule is O=C(NCc1sccc1Br)c1ccccc1F. The first-order valence-electron chi connectivity index (χ1n) is 4.93. The molecule has 0 saturated carbocycles. The van der Waals surface area contributed by atoms with Gasteiger partial charge in [-0.1, -0.05) is 12.1 Å². The Morgan fingerprint density at radius 1 is 1.35 bits per heavy atom. The lowest BCUT2D eigenvalue weighted by Gasteiger charge is -2.05. The van der Waals surface area contributed by atoms with Crippen molar-refractivity contribution in [1.82, 2.24) is 5.32 Å². The average molecular weight is 314 g/mol. The third-order valence-electron chi connectivity index (χ3n) is 2.22. The normalized spacial score (nSPS) is 10.2. The zero-order valence-corrected chi connectivity index (χ0v) is 11.1. The number of rotatable bonds is 3. The molecule has 2 nitrogen and oxygen atoms in total. The standard InChI is InChI=1S/C12H9BrFNOS/c13-9-5-6-17-11(9)7-15-12(16)8-3-1-2-4-10(8)14/h1-6H,7H2,(H,15,16). The molecule has 1 heterocycles. The zero-order valence-electron chi connectivity index (χ0n) is 8.74. The van der Waals surface area contributed by atoms with Crippen LogP contribution in [0, 0.1) is 5.82 Å². The minimum Gasteiger partial charge on any atom is -0.347 e. The van der Waals surface area contributed by atoms with E-state index in [9.17, 15) is 9.18 Å². The summed E-state index contributed by atoms with van der Waals surface area (Å²) in [5.74, 6) is -0.904. The molecule has 0 fully saturated rings. The minimum atomic E-state index is -0.504. The number of benzene rings is 1. The molecule has 1 aromatic carbocycles. The molecule has 0 saturated heterocycles. The maximum atomic E-state index is 13.3. The largest absolute Gasteiger partial charge is 0.347 e. The van der Waals surface area contributed by atoms with E-state index in [0.29, 0.717) is 6.54 Å². The second-order valence-corrected chi connectivity index (χ2v) is 5.21. The number of carbonyl (C=O) groups is 1. The Bertz CT molecular complexity index is 541. The highest BCUT2D eigenvalue weighted by Gasteiger charge is 2.11. The van der Waals surface area contributed by atoms with Crippen LogP contribution in [0.25, 0.3) is 0 Å². The molecular weight excluding hydrogens is 305 g/mol. The number of nitrogens with one attached hydrogen (secondary N) is 1. The highest BCUT2D eigenvalue weighted by atomic mass is 79.9. The van der Waals surface area contributed by atoms with Crippen LogP contribution >= 0.6 is 27.3 Å². The summed E-state index contributed by atoms with van der Waals surface area (Å²) in [6, 6.07) is 7.85. The molecule has 5 heteroatoms. The minimum absolute atomic E-state index is 0.0696. The van der Waals surface area contributed by atoms with Gasteiger partial charge in [0.15, 0.2) is 0 Å². The summed E-state index contributed by atoms with van der Waals surface area (Å²) in [6.45, 7) is 0.394. The van der Waals surface area contributed by atoms with Gasteiger partial charge in [0, 0.05) is 9.35 Å². The molecule has 2 aromatic rings. The fourth-order valence-corrected chi connectivity index (χ4v) is 2.78. The fourth-order valence-electron chi connectivity index (χ4n) is 1.35. The van der Waals surface area contributed by atoms with Gasteiger partial charge in [-0.05, 0) is 39.5 Å². The third kappa shape index (κ3) is 2.92. The number of halogens is 2. The van der Waals surface area contributed by atoms with Gasteiger partial charge in [-0.2, -0.15) is 0 Å². The molecule has 0 atom stereocenters. The van der Waals surface area contributed by atoms with E-state index in [1.807, 2.05) is 11.4 Å². The van der Waals surface area contributed by atoms with Gasteiger partial charge in [-0.25, -0.2) is 4.39 Å². The predicted octanol–water partition coefficient (Wildman–Crippen LogP) is 3.58. The quantitative estimate of drug-likeness (QED) is 0.922. The highest BCUT2D eigenvalue weighted by molar-refractivity contribution is 9.10. The fraction of sp³-hybridized carbons (Fsp3) is 0.0833. The van der Waals surface area contributed by atoms with E-state index in [1.54, 1.807) is 12.1 Å². The monoisotopic (exact) mass is 313 g/mol. The average Bonchev–Trinajstić information content (AvgIpc) is 2.72. The van der Waals surface area contributed by atoms with Crippen LogP contribution < -0.4 is 5.32 Å². The summed E-state index contributed by atoms with van der Waals surface area (Å²) in [4.78, 5) is 12.7. The Hall–Kier alpha value is -1.20. The summed E-state index contributed by atoms with van der Waals surface area (Å²) < 4.78 is 14.3. The van der Waals surface area contributed by atoms with Gasteiger partial charge in [-0.15, -0.1) is 11.3 Å². The van der Waals surface area contributed by atoms with Crippen molar-refractivity contribution >= 4 is 33.2 Å². The van der Waals surface area contributed by atoms with Gasteiger partial charge < -0.3 is 5.32 Å². The molecule has 2 rings (SSSR count). The number of hydrogen-bond donors (Lipinski definition) is 1. The van der Waals surface area contributed by atoms with E-state index in [-0.39, 0.29) is 5.56 Å². The van der Waals surface area contributed by atoms with Crippen LogP contribution in [-0.4, -0.2) is 5.91 Å². The van der Waals surface area contributed by atoms with E-state index in [2.05, 4.69) is 21.2 Å². The van der Waals surface area contributed by atoms with Crippen LogP contribution in [0.2, 0.25) is 0 Å². The maximum absolute atomic E-state index is 13.3. The molecule has 0 aliphatic heterocycles. The lowest BCUT2D eigenvalue weighted by molar-refractivity contribution is 0.0947. The summed E-state index contributed by atoms with van der Waals surface area (Å²) in [7, 11) is 0. The van der Waals surface area contributed by atoms with Crippen molar-refractivity contribution in [3.8, 4) is 0 Å². The number of amides is 1. The van der Waals surface area contributed by atoms with Crippen LogP contribution in [-0.2, 0) is 6.54 Å². The van der Waals surface area contributed by atoms with Gasteiger partial charge in [-0.3, -0.25) is 4.79 Å². The van der Waals surface area contributed by atoms with Crippen molar-refractivity contribution in [2.24, 2.45) is 0 Å². The summed E-state index contributed by atoms with van der Waals surface area (Å²) >= 11 is 4.91. The predicted molar refractivity (Wildman–Crippen MR) is 69.6 cm³/mol. The summed E-state index contributed by atoms with van der Waals surface area (Å²) in [5.41, 5.74) is 0.0696. The second-order valence-electron chi connectivity index (χ2n) is 3.35. The van der Waals surface area contributed by atoms with Gasteiger partial charge in [0.25, 0.3) is 5.91 Å². The lowest BCUT2D eigenvalue weighted by Crippen LogP contribution is -2.23. The molecule has 1 aromatic heterocycles. The topological polar surface area (TPSA) is 29.1 Å². The van der Waals surface area contributed by atoms with Gasteiger partial charge >= 0.3 is 0 Å². The van der Waals surface area contributed by atoms with Crippen molar-refractivity contribution in [3.63, 3.8) is 0 Å². The summed E-state index contributed by atoms with van der Waals surface area (Å²) in [5, 5.41) is 4.61. The first-order chi connectivity index (χ1) is 8.18. The van der Waals surface area contributed by atoms with Gasteiger partial charge in [0.2, 0.25) is 0 Å². The molecule has 17 heavy (non-hydrogen) atoms. The van der Waals surface area contributed by atoms with E-state index in [1.165, 1.54) is 23.5 Å². The Morgan fingerprint density at radius 2 is 2.12 bits per heavy atom. The molecule has 0 aliphatic carbocycles. The van der Waals surface area contributed by atoms with Crippen molar-refractivity contribution in [2.45, 2.75) is 6.54 Å². The lowest BCUT2D eigenvalue weighted by atomic mass is 10.2. The first kappa shape index (κ1) is 12.3. The molecule has 1 N–H and O–H groups in total. The van der Waals surface area contributed by atoms with Crippen LogP contribution in [0.15, 0.2) is 40.2 Å². The zero-order chi connectivity index (χ0) is 12.3. The van der Waals surface area contributed by atoms with Crippen LogP contribution in [0.4, 0.5) is 4.39 Å². The van der Waals surface area contributed by atoms with E-state index < -0.39 is 11.7 Å². The van der Waals surface area contributed by atoms with Crippen molar-refractivity contribution < 1.29 is 9.18 Å². The van der Waals surface area contributed by atoms with Crippen molar-refractivity contribution in [3.05, 3.63) is 56.4 Å². The van der Waals surface area contributed by atoms with Crippen LogP contribution in [0.1, 0.15) is 15.2 Å². The van der Waals surface area contributed by atoms with E-state index >= 15 is 0 Å². The molecule has 0 radical (unpaired) electrons. The van der Waals surface area contributed by atoms with E-state index in [4.69, 9.17) is 0 Å². The Kier molecular flexibility index (Phi) is 3.91. The first-order valence-corrected chi connectivity index (χ1v) is 6.60. The van der Waals surface area contributed by atoms with Crippen molar-refractivity contribution in [2.75, 3.05) is 0 Å². The molecule has 1 amide bonds. The second kappa shape index (κ2) is 5.42. The Labute approximate surface area is 111 Å². The van der Waals surface area contributed by atoms with Gasteiger partial charge in [0.1, 0.15) is 5.82 Å². The molecule has 0 aliphatic rings. The smallest absolute Gasteiger partial charge is 0.254 e. The number of hydrogen-bond acceptors (Lipinski definition) is 2. The summed E-state index contributed by atoms with van der Waals surface area (Å²) in [6.07, 6.45) is 0. The molecular formula is C12H9BrFNOS. The Balaban J connectivity index is 2.04. The van der Waals surface area contributed by atoms with Crippen molar-refractivity contribution in [1.29, 1.82) is 0 Å². The molecule has 0 unspecified atom stereocenters. The number of thiophene rings is 1. The molecule has 88 valence electrons. The molecule has 0 bridgehead atoms. The highest BCUT2D eigenvalue weighted by Crippen LogP contribution is 2.22. The van der Waals surface area contributed by atoms with Gasteiger partial charge in [0.05, 0.1) is 12.1 Å². The van der Waals surface area contributed by atoms with Crippen LogP contribution in [0.5, 0.6) is 0 Å². The third-order valence-corrected chi connectivity index (χ3v) is 4.15. The maximum Gasteiger partial charge on any atom is 0.254 e. The van der Waals surface area contributed by atoms with Crippen LogP contribution in [0.3, 0.4) is 0 Å². The Morgan fingerprint density at radius 3 is 2.76 bits per heavy atom.